The van der Waals surface area contributed by atoms with Gasteiger partial charge in [-0.15, -0.1) is 0 Å². The number of hydrogen-bond donors (Lipinski definition) is 1. The lowest BCUT2D eigenvalue weighted by Crippen LogP contribution is -2.12. The molecule has 0 spiro atoms. The maximum atomic E-state index is 11.3. The first-order valence-corrected chi connectivity index (χ1v) is 5.87. The van der Waals surface area contributed by atoms with E-state index in [2.05, 4.69) is 10.2 Å². The standard InChI is InChI=1S/C14H13N3O2/c1-9(2)19-12-5-3-4-10(6-12)13-7-11(8-15)14(18)17-16-13/h3-7,9H,1-2H3,(H,17,18). The van der Waals surface area contributed by atoms with Gasteiger partial charge in [-0.2, -0.15) is 10.4 Å². The SMILES string of the molecule is CC(C)Oc1cccc(-c2cc(C#N)c(=O)[nH]n2)c1. The third-order valence-electron chi connectivity index (χ3n) is 2.43. The Kier molecular flexibility index (Phi) is 3.62. The molecule has 0 atom stereocenters. The summed E-state index contributed by atoms with van der Waals surface area (Å²) in [5.74, 6) is 0.721. The van der Waals surface area contributed by atoms with E-state index < -0.39 is 5.56 Å². The number of nitrogens with zero attached hydrogens (tertiary/aromatic N) is 2. The van der Waals surface area contributed by atoms with Gasteiger partial charge >= 0.3 is 0 Å². The molecule has 0 aliphatic heterocycles. The van der Waals surface area contributed by atoms with Crippen molar-refractivity contribution in [2.24, 2.45) is 0 Å². The lowest BCUT2D eigenvalue weighted by molar-refractivity contribution is 0.242. The molecule has 0 aliphatic rings. The van der Waals surface area contributed by atoms with Crippen molar-refractivity contribution in [3.05, 3.63) is 46.2 Å². The van der Waals surface area contributed by atoms with Gasteiger partial charge in [0.25, 0.3) is 5.56 Å². The zero-order valence-corrected chi connectivity index (χ0v) is 10.7. The summed E-state index contributed by atoms with van der Waals surface area (Å²) >= 11 is 0. The molecule has 1 N–H and O–H groups in total. The normalized spacial score (nSPS) is 10.2. The van der Waals surface area contributed by atoms with Crippen LogP contribution in [-0.4, -0.2) is 16.3 Å². The van der Waals surface area contributed by atoms with E-state index in [0.29, 0.717) is 5.69 Å². The molecule has 96 valence electrons. The maximum absolute atomic E-state index is 11.3. The van der Waals surface area contributed by atoms with Gasteiger partial charge in [-0.1, -0.05) is 12.1 Å². The van der Waals surface area contributed by atoms with E-state index in [-0.39, 0.29) is 11.7 Å². The van der Waals surface area contributed by atoms with Crippen molar-refractivity contribution in [2.75, 3.05) is 0 Å². The Morgan fingerprint density at radius 2 is 2.16 bits per heavy atom. The average molecular weight is 255 g/mol. The van der Waals surface area contributed by atoms with Gasteiger partial charge in [0, 0.05) is 5.56 Å². The molecule has 2 rings (SSSR count). The molecule has 0 bridgehead atoms. The average Bonchev–Trinajstić information content (AvgIpc) is 2.39. The summed E-state index contributed by atoms with van der Waals surface area (Å²) in [7, 11) is 0. The summed E-state index contributed by atoms with van der Waals surface area (Å²) in [6, 6.07) is 10.7. The molecule has 0 radical (unpaired) electrons. The van der Waals surface area contributed by atoms with Gasteiger partial charge in [0.05, 0.1) is 11.8 Å². The van der Waals surface area contributed by atoms with Crippen LogP contribution in [0, 0.1) is 11.3 Å². The lowest BCUT2D eigenvalue weighted by Gasteiger charge is -2.10. The fraction of sp³-hybridized carbons (Fsp3) is 0.214. The first-order valence-electron chi connectivity index (χ1n) is 5.87. The minimum Gasteiger partial charge on any atom is -0.491 e. The molecule has 0 saturated carbocycles. The Labute approximate surface area is 110 Å². The second-order valence-electron chi connectivity index (χ2n) is 4.30. The molecule has 1 aromatic heterocycles. The molecule has 5 nitrogen and oxygen atoms in total. The highest BCUT2D eigenvalue weighted by atomic mass is 16.5. The van der Waals surface area contributed by atoms with E-state index in [1.165, 1.54) is 6.07 Å². The van der Waals surface area contributed by atoms with Crippen molar-refractivity contribution in [3.63, 3.8) is 0 Å². The van der Waals surface area contributed by atoms with Gasteiger partial charge in [0.2, 0.25) is 0 Å². The van der Waals surface area contributed by atoms with Crippen molar-refractivity contribution in [1.82, 2.24) is 10.2 Å². The fourth-order valence-electron chi connectivity index (χ4n) is 1.64. The smallest absolute Gasteiger partial charge is 0.282 e. The molecule has 1 heterocycles. The predicted molar refractivity (Wildman–Crippen MR) is 70.8 cm³/mol. The van der Waals surface area contributed by atoms with E-state index in [1.807, 2.05) is 44.2 Å². The van der Waals surface area contributed by atoms with E-state index in [1.54, 1.807) is 0 Å². The van der Waals surface area contributed by atoms with Crippen molar-refractivity contribution < 1.29 is 4.74 Å². The summed E-state index contributed by atoms with van der Waals surface area (Å²) in [4.78, 5) is 11.3. The number of aromatic nitrogens is 2. The molecule has 0 unspecified atom stereocenters. The van der Waals surface area contributed by atoms with Crippen molar-refractivity contribution in [2.45, 2.75) is 20.0 Å². The van der Waals surface area contributed by atoms with Crippen LogP contribution >= 0.6 is 0 Å². The summed E-state index contributed by atoms with van der Waals surface area (Å²) in [5.41, 5.74) is 0.872. The first kappa shape index (κ1) is 12.8. The number of nitriles is 1. The highest BCUT2D eigenvalue weighted by Gasteiger charge is 2.06. The third-order valence-corrected chi connectivity index (χ3v) is 2.43. The largest absolute Gasteiger partial charge is 0.491 e. The minimum absolute atomic E-state index is 0.0418. The molecule has 1 aromatic carbocycles. The van der Waals surface area contributed by atoms with Crippen molar-refractivity contribution in [1.29, 1.82) is 5.26 Å². The van der Waals surface area contributed by atoms with E-state index >= 15 is 0 Å². The van der Waals surface area contributed by atoms with Crippen molar-refractivity contribution in [3.8, 4) is 23.1 Å². The van der Waals surface area contributed by atoms with Crippen LogP contribution in [0.25, 0.3) is 11.3 Å². The quantitative estimate of drug-likeness (QED) is 0.910. The Bertz CT molecular complexity index is 684. The molecule has 2 aromatic rings. The molecule has 0 fully saturated rings. The van der Waals surface area contributed by atoms with Crippen LogP contribution in [0.2, 0.25) is 0 Å². The highest BCUT2D eigenvalue weighted by Crippen LogP contribution is 2.22. The molecular weight excluding hydrogens is 242 g/mol. The molecule has 0 amide bonds. The Hall–Kier alpha value is -2.61. The van der Waals surface area contributed by atoms with E-state index in [9.17, 15) is 4.79 Å². The molecule has 0 saturated heterocycles. The van der Waals surface area contributed by atoms with Gasteiger partial charge in [-0.3, -0.25) is 4.79 Å². The van der Waals surface area contributed by atoms with Crippen LogP contribution < -0.4 is 10.3 Å². The lowest BCUT2D eigenvalue weighted by atomic mass is 10.1. The van der Waals surface area contributed by atoms with Gasteiger partial charge in [-0.25, -0.2) is 5.10 Å². The Morgan fingerprint density at radius 1 is 1.37 bits per heavy atom. The van der Waals surface area contributed by atoms with Crippen LogP contribution in [0.3, 0.4) is 0 Å². The Balaban J connectivity index is 2.42. The van der Waals surface area contributed by atoms with Crippen LogP contribution in [0.1, 0.15) is 19.4 Å². The number of aromatic amines is 1. The first-order chi connectivity index (χ1) is 9.10. The highest BCUT2D eigenvalue weighted by molar-refractivity contribution is 5.61. The summed E-state index contributed by atoms with van der Waals surface area (Å²) in [6.45, 7) is 3.89. The van der Waals surface area contributed by atoms with Gasteiger partial charge < -0.3 is 4.74 Å². The Morgan fingerprint density at radius 3 is 2.84 bits per heavy atom. The molecular formula is C14H13N3O2. The number of benzene rings is 1. The summed E-state index contributed by atoms with van der Waals surface area (Å²) < 4.78 is 5.59. The number of rotatable bonds is 3. The fourth-order valence-corrected chi connectivity index (χ4v) is 1.64. The zero-order chi connectivity index (χ0) is 13.8. The van der Waals surface area contributed by atoms with Gasteiger partial charge in [0.1, 0.15) is 17.4 Å². The van der Waals surface area contributed by atoms with Crippen molar-refractivity contribution >= 4 is 0 Å². The zero-order valence-electron chi connectivity index (χ0n) is 10.7. The summed E-state index contributed by atoms with van der Waals surface area (Å²) in [5, 5.41) is 15.1. The van der Waals surface area contributed by atoms with Crippen LogP contribution in [-0.2, 0) is 0 Å². The second-order valence-corrected chi connectivity index (χ2v) is 4.30. The van der Waals surface area contributed by atoms with E-state index in [0.717, 1.165) is 11.3 Å². The number of H-pyrrole nitrogens is 1. The van der Waals surface area contributed by atoms with Crippen LogP contribution in [0.15, 0.2) is 35.1 Å². The predicted octanol–water partition coefficient (Wildman–Crippen LogP) is 2.10. The number of hydrogen-bond acceptors (Lipinski definition) is 4. The van der Waals surface area contributed by atoms with Crippen LogP contribution in [0.4, 0.5) is 0 Å². The molecule has 0 aliphatic carbocycles. The van der Waals surface area contributed by atoms with Crippen LogP contribution in [0.5, 0.6) is 5.75 Å². The molecule has 5 heteroatoms. The minimum atomic E-state index is -0.485. The monoisotopic (exact) mass is 255 g/mol. The van der Waals surface area contributed by atoms with Gasteiger partial charge in [0.15, 0.2) is 0 Å². The third kappa shape index (κ3) is 2.99. The topological polar surface area (TPSA) is 78.8 Å². The maximum Gasteiger partial charge on any atom is 0.282 e. The number of ether oxygens (including phenoxy) is 1. The summed E-state index contributed by atoms with van der Waals surface area (Å²) in [6.07, 6.45) is 0.0773. The van der Waals surface area contributed by atoms with E-state index in [4.69, 9.17) is 10.00 Å². The number of nitrogens with one attached hydrogen (secondary N) is 1. The second kappa shape index (κ2) is 5.36. The van der Waals surface area contributed by atoms with Gasteiger partial charge in [-0.05, 0) is 32.0 Å². The molecule has 19 heavy (non-hydrogen) atoms.